The standard InChI is InChI=1S/C36H34N4O4/c1-44-29-15-16-30-31(25-7-3-2-4-8-25)21-35(42)39(32(30)20-29)22-24-11-13-28(14-12-24)38-36(43)33-19-26-9-5-6-10-27(26)23-40(33)34(41)17-18-37/h2-16,20-21,33H,17-19,22-23,37H2,1H3,(H,38,43). The summed E-state index contributed by atoms with van der Waals surface area (Å²) in [7, 11) is 1.61. The number of methoxy groups -OCH3 is 1. The van der Waals surface area contributed by atoms with Crippen LogP contribution in [0.1, 0.15) is 23.1 Å². The van der Waals surface area contributed by atoms with E-state index in [2.05, 4.69) is 5.32 Å². The van der Waals surface area contributed by atoms with E-state index in [0.29, 0.717) is 30.9 Å². The highest BCUT2D eigenvalue weighted by Crippen LogP contribution is 2.30. The second-order valence-electron chi connectivity index (χ2n) is 11.0. The first-order valence-electron chi connectivity index (χ1n) is 14.7. The Bertz CT molecular complexity index is 1880. The number of nitrogens with two attached hydrogens (primary N) is 1. The second kappa shape index (κ2) is 12.6. The SMILES string of the molecule is COc1ccc2c(-c3ccccc3)cc(=O)n(Cc3ccc(NC(=O)C4Cc5ccccc5CN4C(=O)CCN)cc3)c2c1. The lowest BCUT2D eigenvalue weighted by molar-refractivity contribution is -0.139. The number of hydrogen-bond acceptors (Lipinski definition) is 5. The first kappa shape index (κ1) is 28.9. The van der Waals surface area contributed by atoms with E-state index in [1.54, 1.807) is 22.6 Å². The Kier molecular flexibility index (Phi) is 8.25. The van der Waals surface area contributed by atoms with Crippen LogP contribution in [0.4, 0.5) is 5.69 Å². The quantitative estimate of drug-likeness (QED) is 0.267. The van der Waals surface area contributed by atoms with Crippen LogP contribution in [-0.4, -0.2) is 41.0 Å². The van der Waals surface area contributed by atoms with Gasteiger partial charge >= 0.3 is 0 Å². The van der Waals surface area contributed by atoms with Crippen molar-refractivity contribution in [3.05, 3.63) is 130 Å². The topological polar surface area (TPSA) is 107 Å². The van der Waals surface area contributed by atoms with E-state index in [1.165, 1.54) is 0 Å². The highest BCUT2D eigenvalue weighted by Gasteiger charge is 2.34. The van der Waals surface area contributed by atoms with Gasteiger partial charge in [0.05, 0.1) is 19.2 Å². The van der Waals surface area contributed by atoms with Crippen molar-refractivity contribution in [3.63, 3.8) is 0 Å². The Morgan fingerprint density at radius 2 is 1.64 bits per heavy atom. The number of hydrogen-bond donors (Lipinski definition) is 2. The normalized spacial score (nSPS) is 14.2. The van der Waals surface area contributed by atoms with E-state index in [0.717, 1.165) is 38.7 Å². The molecule has 0 saturated heterocycles. The minimum Gasteiger partial charge on any atom is -0.497 e. The second-order valence-corrected chi connectivity index (χ2v) is 11.0. The molecule has 5 aromatic rings. The van der Waals surface area contributed by atoms with Crippen LogP contribution in [0, 0.1) is 0 Å². The van der Waals surface area contributed by atoms with Gasteiger partial charge in [-0.15, -0.1) is 0 Å². The predicted octanol–water partition coefficient (Wildman–Crippen LogP) is 4.97. The number of pyridine rings is 1. The Morgan fingerprint density at radius 1 is 0.909 bits per heavy atom. The van der Waals surface area contributed by atoms with Crippen LogP contribution in [0.5, 0.6) is 5.75 Å². The summed E-state index contributed by atoms with van der Waals surface area (Å²) >= 11 is 0. The third kappa shape index (κ3) is 5.85. The molecular formula is C36H34N4O4. The van der Waals surface area contributed by atoms with Crippen molar-refractivity contribution in [3.8, 4) is 16.9 Å². The minimum absolute atomic E-state index is 0.123. The maximum Gasteiger partial charge on any atom is 0.251 e. The fourth-order valence-electron chi connectivity index (χ4n) is 5.90. The molecule has 44 heavy (non-hydrogen) atoms. The van der Waals surface area contributed by atoms with Gasteiger partial charge in [-0.1, -0.05) is 66.7 Å². The molecule has 0 fully saturated rings. The van der Waals surface area contributed by atoms with Crippen LogP contribution in [0.25, 0.3) is 22.0 Å². The van der Waals surface area contributed by atoms with Crippen molar-refractivity contribution in [2.24, 2.45) is 5.73 Å². The summed E-state index contributed by atoms with van der Waals surface area (Å²) < 4.78 is 7.22. The smallest absolute Gasteiger partial charge is 0.251 e. The van der Waals surface area contributed by atoms with Gasteiger partial charge in [-0.2, -0.15) is 0 Å². The summed E-state index contributed by atoms with van der Waals surface area (Å²) in [5.74, 6) is 0.284. The van der Waals surface area contributed by atoms with Crippen LogP contribution in [0.15, 0.2) is 108 Å². The number of anilines is 1. The Morgan fingerprint density at radius 3 is 2.36 bits per heavy atom. The third-order valence-electron chi connectivity index (χ3n) is 8.20. The van der Waals surface area contributed by atoms with Crippen LogP contribution in [0.2, 0.25) is 0 Å². The van der Waals surface area contributed by atoms with E-state index in [1.807, 2.05) is 97.1 Å². The summed E-state index contributed by atoms with van der Waals surface area (Å²) in [5, 5.41) is 3.94. The fraction of sp³-hybridized carbons (Fsp3) is 0.194. The molecule has 6 rings (SSSR count). The van der Waals surface area contributed by atoms with Gasteiger partial charge in [-0.05, 0) is 52.1 Å². The van der Waals surface area contributed by atoms with Crippen LogP contribution >= 0.6 is 0 Å². The molecule has 1 aliphatic rings. The molecule has 0 saturated carbocycles. The molecule has 1 aromatic heterocycles. The zero-order valence-electron chi connectivity index (χ0n) is 24.5. The molecule has 3 N–H and O–H groups in total. The molecule has 1 unspecified atom stereocenters. The zero-order chi connectivity index (χ0) is 30.6. The number of carbonyl (C=O) groups is 2. The summed E-state index contributed by atoms with van der Waals surface area (Å²) in [4.78, 5) is 41.5. The van der Waals surface area contributed by atoms with E-state index < -0.39 is 6.04 Å². The molecule has 0 spiro atoms. The van der Waals surface area contributed by atoms with Gasteiger partial charge in [0.2, 0.25) is 11.8 Å². The monoisotopic (exact) mass is 586 g/mol. The molecule has 0 radical (unpaired) electrons. The van der Waals surface area contributed by atoms with Crippen molar-refractivity contribution in [2.45, 2.75) is 32.0 Å². The molecular weight excluding hydrogens is 552 g/mol. The number of ether oxygens (including phenoxy) is 1. The molecule has 8 nitrogen and oxygen atoms in total. The number of fused-ring (bicyclic) bond motifs is 2. The summed E-state index contributed by atoms with van der Waals surface area (Å²) in [5.41, 5.74) is 11.8. The minimum atomic E-state index is -0.633. The molecule has 2 heterocycles. The highest BCUT2D eigenvalue weighted by molar-refractivity contribution is 5.98. The number of aromatic nitrogens is 1. The van der Waals surface area contributed by atoms with E-state index in [9.17, 15) is 14.4 Å². The number of benzene rings is 4. The van der Waals surface area contributed by atoms with Crippen molar-refractivity contribution >= 4 is 28.4 Å². The lowest BCUT2D eigenvalue weighted by Gasteiger charge is -2.36. The molecule has 0 bridgehead atoms. The number of nitrogens with one attached hydrogen (secondary N) is 1. The number of carbonyl (C=O) groups excluding carboxylic acids is 2. The average Bonchev–Trinajstić information content (AvgIpc) is 3.06. The summed E-state index contributed by atoms with van der Waals surface area (Å²) in [6.45, 7) is 0.947. The predicted molar refractivity (Wildman–Crippen MR) is 173 cm³/mol. The van der Waals surface area contributed by atoms with Crippen molar-refractivity contribution in [2.75, 3.05) is 19.0 Å². The third-order valence-corrected chi connectivity index (χ3v) is 8.20. The first-order valence-corrected chi connectivity index (χ1v) is 14.7. The van der Waals surface area contributed by atoms with Gasteiger partial charge in [0.25, 0.3) is 5.56 Å². The molecule has 8 heteroatoms. The number of amides is 2. The van der Waals surface area contributed by atoms with E-state index >= 15 is 0 Å². The number of nitrogens with zero attached hydrogens (tertiary/aromatic N) is 2. The van der Waals surface area contributed by atoms with Gasteiger partial charge in [-0.25, -0.2) is 0 Å². The molecule has 1 aliphatic heterocycles. The van der Waals surface area contributed by atoms with Crippen LogP contribution < -0.4 is 21.3 Å². The summed E-state index contributed by atoms with van der Waals surface area (Å²) in [6, 6.07) is 32.0. The largest absolute Gasteiger partial charge is 0.497 e. The molecule has 2 amide bonds. The van der Waals surface area contributed by atoms with Crippen LogP contribution in [0.3, 0.4) is 0 Å². The maximum atomic E-state index is 13.5. The van der Waals surface area contributed by atoms with Crippen molar-refractivity contribution in [1.82, 2.24) is 9.47 Å². The van der Waals surface area contributed by atoms with Crippen molar-refractivity contribution in [1.29, 1.82) is 0 Å². The van der Waals surface area contributed by atoms with E-state index in [-0.39, 0.29) is 30.3 Å². The Balaban J connectivity index is 1.25. The molecule has 0 aliphatic carbocycles. The molecule has 4 aromatic carbocycles. The Hall–Kier alpha value is -5.21. The maximum absolute atomic E-state index is 13.5. The lowest BCUT2D eigenvalue weighted by Crippen LogP contribution is -2.51. The zero-order valence-corrected chi connectivity index (χ0v) is 24.5. The van der Waals surface area contributed by atoms with Crippen molar-refractivity contribution < 1.29 is 14.3 Å². The van der Waals surface area contributed by atoms with Gasteiger partial charge in [0.15, 0.2) is 0 Å². The highest BCUT2D eigenvalue weighted by atomic mass is 16.5. The van der Waals surface area contributed by atoms with Gasteiger partial charge in [-0.3, -0.25) is 14.4 Å². The van der Waals surface area contributed by atoms with Gasteiger partial charge < -0.3 is 25.3 Å². The van der Waals surface area contributed by atoms with Gasteiger partial charge in [0, 0.05) is 49.1 Å². The summed E-state index contributed by atoms with van der Waals surface area (Å²) in [6.07, 6.45) is 0.627. The first-order chi connectivity index (χ1) is 21.4. The average molecular weight is 587 g/mol. The fourth-order valence-corrected chi connectivity index (χ4v) is 5.90. The molecule has 1 atom stereocenters. The lowest BCUT2D eigenvalue weighted by atomic mass is 9.93. The Labute approximate surface area is 255 Å². The number of rotatable bonds is 8. The van der Waals surface area contributed by atoms with E-state index in [4.69, 9.17) is 10.5 Å². The van der Waals surface area contributed by atoms with Gasteiger partial charge in [0.1, 0.15) is 11.8 Å². The van der Waals surface area contributed by atoms with Crippen LogP contribution in [-0.2, 0) is 29.1 Å². The molecule has 222 valence electrons.